The maximum atomic E-state index is 10.2. The molecule has 0 spiro atoms. The minimum atomic E-state index is -0.874. The first-order chi connectivity index (χ1) is 4.13. The van der Waals surface area contributed by atoms with Crippen LogP contribution in [0.1, 0.15) is 6.92 Å². The lowest BCUT2D eigenvalue weighted by Gasteiger charge is -1.90. The Bertz CT molecular complexity index is 107. The van der Waals surface area contributed by atoms with Gasteiger partial charge >= 0.3 is 5.97 Å². The van der Waals surface area contributed by atoms with Gasteiger partial charge < -0.3 is 5.11 Å². The zero-order valence-corrected chi connectivity index (χ0v) is 5.90. The van der Waals surface area contributed by atoms with Gasteiger partial charge in [0, 0.05) is 0 Å². The van der Waals surface area contributed by atoms with Gasteiger partial charge in [-0.3, -0.25) is 9.59 Å². The van der Waals surface area contributed by atoms with E-state index >= 15 is 0 Å². The van der Waals surface area contributed by atoms with E-state index in [0.29, 0.717) is 5.75 Å². The van der Waals surface area contributed by atoms with Gasteiger partial charge in [0.15, 0.2) is 0 Å². The molecule has 0 radical (unpaired) electrons. The predicted molar refractivity (Wildman–Crippen MR) is 35.6 cm³/mol. The van der Waals surface area contributed by atoms with E-state index in [9.17, 15) is 9.59 Å². The Balaban J connectivity index is 3.10. The second-order valence-electron chi connectivity index (χ2n) is 1.59. The highest BCUT2D eigenvalue weighted by Crippen LogP contribution is 1.97. The summed E-state index contributed by atoms with van der Waals surface area (Å²) < 4.78 is 0. The third-order valence-electron chi connectivity index (χ3n) is 0.531. The molecule has 1 N–H and O–H groups in total. The molecule has 0 atom stereocenters. The fourth-order valence-electron chi connectivity index (χ4n) is 0.282. The first-order valence-corrected chi connectivity index (χ1v) is 3.57. The molecule has 0 aliphatic rings. The van der Waals surface area contributed by atoms with E-state index in [1.807, 2.05) is 0 Å². The second-order valence-corrected chi connectivity index (χ2v) is 2.57. The number of hydrogen-bond acceptors (Lipinski definition) is 3. The fraction of sp³-hybridized carbons (Fsp3) is 0.600. The van der Waals surface area contributed by atoms with Gasteiger partial charge in [0.2, 0.25) is 0 Å². The second kappa shape index (κ2) is 4.38. The molecule has 0 heterocycles. The Morgan fingerprint density at radius 2 is 2.00 bits per heavy atom. The van der Waals surface area contributed by atoms with Crippen LogP contribution in [0.3, 0.4) is 0 Å². The summed E-state index contributed by atoms with van der Waals surface area (Å²) >= 11 is 1.12. The predicted octanol–water partition coefficient (Wildman–Crippen LogP) is 0.393. The van der Waals surface area contributed by atoms with Crippen LogP contribution in [-0.2, 0) is 9.59 Å². The third kappa shape index (κ3) is 7.49. The number of hydrogen-bond donors (Lipinski definition) is 1. The summed E-state index contributed by atoms with van der Waals surface area (Å²) in [7, 11) is 0. The molecule has 0 unspecified atom stereocenters. The summed E-state index contributed by atoms with van der Waals surface area (Å²) in [5, 5.41) is 8.09. The first kappa shape index (κ1) is 8.49. The van der Waals surface area contributed by atoms with Gasteiger partial charge in [0.1, 0.15) is 5.78 Å². The van der Waals surface area contributed by atoms with Gasteiger partial charge in [-0.15, -0.1) is 11.8 Å². The molecule has 0 aromatic carbocycles. The minimum absolute atomic E-state index is 0.0135. The molecular weight excluding hydrogens is 140 g/mol. The number of ketones is 1. The van der Waals surface area contributed by atoms with Crippen molar-refractivity contribution in [3.63, 3.8) is 0 Å². The van der Waals surface area contributed by atoms with Crippen LogP contribution >= 0.6 is 11.8 Å². The molecular formula is C5H8O3S. The lowest BCUT2D eigenvalue weighted by molar-refractivity contribution is -0.133. The van der Waals surface area contributed by atoms with Gasteiger partial charge in [-0.2, -0.15) is 0 Å². The van der Waals surface area contributed by atoms with Crippen LogP contribution in [0.4, 0.5) is 0 Å². The Morgan fingerprint density at radius 3 is 2.33 bits per heavy atom. The average molecular weight is 148 g/mol. The summed E-state index contributed by atoms with van der Waals surface area (Å²) in [5.41, 5.74) is 0. The summed E-state index contributed by atoms with van der Waals surface area (Å²) in [4.78, 5) is 20.1. The quantitative estimate of drug-likeness (QED) is 0.626. The molecule has 0 amide bonds. The Labute approximate surface area is 57.4 Å². The molecule has 0 fully saturated rings. The largest absolute Gasteiger partial charge is 0.481 e. The smallest absolute Gasteiger partial charge is 0.313 e. The van der Waals surface area contributed by atoms with Crippen LogP contribution < -0.4 is 0 Å². The summed E-state index contributed by atoms with van der Waals surface area (Å²) in [6.07, 6.45) is 0. The standard InChI is InChI=1S/C5H8O3S/c1-4(6)2-9-3-5(7)8/h2-3H2,1H3,(H,7,8). The SMILES string of the molecule is CC(=O)CSCC(=O)O. The van der Waals surface area contributed by atoms with Crippen LogP contribution in [0.25, 0.3) is 0 Å². The van der Waals surface area contributed by atoms with Gasteiger partial charge in [0.25, 0.3) is 0 Å². The van der Waals surface area contributed by atoms with Crippen molar-refractivity contribution in [2.24, 2.45) is 0 Å². The van der Waals surface area contributed by atoms with E-state index in [1.54, 1.807) is 0 Å². The molecule has 0 saturated carbocycles. The maximum absolute atomic E-state index is 10.2. The van der Waals surface area contributed by atoms with Crippen LogP contribution in [0.2, 0.25) is 0 Å². The van der Waals surface area contributed by atoms with Gasteiger partial charge in [-0.05, 0) is 6.92 Å². The van der Waals surface area contributed by atoms with Gasteiger partial charge in [-0.1, -0.05) is 0 Å². The molecule has 0 rings (SSSR count). The summed E-state index contributed by atoms with van der Waals surface area (Å²) in [6.45, 7) is 1.44. The van der Waals surface area contributed by atoms with E-state index < -0.39 is 5.97 Å². The Morgan fingerprint density at radius 1 is 1.44 bits per heavy atom. The Kier molecular flexibility index (Phi) is 4.13. The van der Waals surface area contributed by atoms with E-state index in [1.165, 1.54) is 6.92 Å². The van der Waals surface area contributed by atoms with Crippen molar-refractivity contribution in [3.05, 3.63) is 0 Å². The number of thioether (sulfide) groups is 1. The van der Waals surface area contributed by atoms with Crippen LogP contribution in [0.15, 0.2) is 0 Å². The van der Waals surface area contributed by atoms with Crippen LogP contribution in [0, 0.1) is 0 Å². The molecule has 0 aromatic heterocycles. The van der Waals surface area contributed by atoms with Crippen molar-refractivity contribution in [2.75, 3.05) is 11.5 Å². The zero-order valence-electron chi connectivity index (χ0n) is 5.09. The Hall–Kier alpha value is -0.510. The molecule has 9 heavy (non-hydrogen) atoms. The van der Waals surface area contributed by atoms with Crippen molar-refractivity contribution in [1.82, 2.24) is 0 Å². The van der Waals surface area contributed by atoms with E-state index in [-0.39, 0.29) is 11.5 Å². The highest BCUT2D eigenvalue weighted by Gasteiger charge is 1.97. The lowest BCUT2D eigenvalue weighted by atomic mass is 10.5. The fourth-order valence-corrected chi connectivity index (χ4v) is 0.846. The van der Waals surface area contributed by atoms with Crippen molar-refractivity contribution in [1.29, 1.82) is 0 Å². The van der Waals surface area contributed by atoms with Gasteiger partial charge in [-0.25, -0.2) is 0 Å². The molecule has 0 saturated heterocycles. The number of aliphatic carboxylic acids is 1. The highest BCUT2D eigenvalue weighted by molar-refractivity contribution is 8.00. The lowest BCUT2D eigenvalue weighted by Crippen LogP contribution is -2.02. The van der Waals surface area contributed by atoms with Crippen molar-refractivity contribution in [2.45, 2.75) is 6.92 Å². The van der Waals surface area contributed by atoms with E-state index in [0.717, 1.165) is 11.8 Å². The van der Waals surface area contributed by atoms with Crippen molar-refractivity contribution >= 4 is 23.5 Å². The number of carbonyl (C=O) groups excluding carboxylic acids is 1. The monoisotopic (exact) mass is 148 g/mol. The molecule has 52 valence electrons. The maximum Gasteiger partial charge on any atom is 0.313 e. The average Bonchev–Trinajstić information content (AvgIpc) is 1.63. The van der Waals surface area contributed by atoms with Crippen LogP contribution in [-0.4, -0.2) is 28.4 Å². The number of carbonyl (C=O) groups is 2. The summed E-state index contributed by atoms with van der Waals surface area (Å²) in [6, 6.07) is 0. The van der Waals surface area contributed by atoms with Crippen molar-refractivity contribution in [3.8, 4) is 0 Å². The number of carboxylic acid groups (broad SMARTS) is 1. The molecule has 0 aliphatic heterocycles. The molecule has 0 aromatic rings. The minimum Gasteiger partial charge on any atom is -0.481 e. The van der Waals surface area contributed by atoms with E-state index in [4.69, 9.17) is 5.11 Å². The number of rotatable bonds is 4. The van der Waals surface area contributed by atoms with E-state index in [2.05, 4.69) is 0 Å². The molecule has 3 nitrogen and oxygen atoms in total. The topological polar surface area (TPSA) is 54.4 Å². The normalized spacial score (nSPS) is 9.00. The van der Waals surface area contributed by atoms with Crippen LogP contribution in [0.5, 0.6) is 0 Å². The first-order valence-electron chi connectivity index (χ1n) is 2.42. The highest BCUT2D eigenvalue weighted by atomic mass is 32.2. The molecule has 0 bridgehead atoms. The third-order valence-corrected chi connectivity index (χ3v) is 1.59. The molecule has 4 heteroatoms. The van der Waals surface area contributed by atoms with Crippen molar-refractivity contribution < 1.29 is 14.7 Å². The van der Waals surface area contributed by atoms with Gasteiger partial charge in [0.05, 0.1) is 11.5 Å². The zero-order chi connectivity index (χ0) is 7.28. The number of Topliss-reactive ketones (excluding diaryl/α,β-unsaturated/α-hetero) is 1. The summed E-state index contributed by atoms with van der Waals surface area (Å²) in [5.74, 6) is -0.547. The molecule has 0 aliphatic carbocycles. The number of carboxylic acids is 1.